The third-order valence-corrected chi connectivity index (χ3v) is 2.62. The number of oxime groups is 1. The van der Waals surface area contributed by atoms with E-state index in [0.29, 0.717) is 23.5 Å². The summed E-state index contributed by atoms with van der Waals surface area (Å²) >= 11 is 0. The normalized spacial score (nSPS) is 15.5. The number of nitrogens with two attached hydrogens (primary N) is 1. The van der Waals surface area contributed by atoms with Gasteiger partial charge < -0.3 is 20.6 Å². The Bertz CT molecular complexity index is 485. The molecule has 0 saturated carbocycles. The van der Waals surface area contributed by atoms with E-state index in [-0.39, 0.29) is 18.3 Å². The predicted octanol–water partition coefficient (Wildman–Crippen LogP) is 0.526. The number of anilines is 1. The van der Waals surface area contributed by atoms with E-state index in [1.165, 1.54) is 0 Å². The Kier molecular flexibility index (Phi) is 2.86. The summed E-state index contributed by atoms with van der Waals surface area (Å²) in [5.74, 6) is 0.503. The molecular weight excluding hydrogens is 222 g/mol. The van der Waals surface area contributed by atoms with Gasteiger partial charge in [0.1, 0.15) is 5.75 Å². The lowest BCUT2D eigenvalue weighted by Crippen LogP contribution is -2.38. The van der Waals surface area contributed by atoms with E-state index < -0.39 is 0 Å². The zero-order chi connectivity index (χ0) is 12.4. The van der Waals surface area contributed by atoms with E-state index in [9.17, 15) is 4.79 Å². The Morgan fingerprint density at radius 2 is 2.41 bits per heavy atom. The van der Waals surface area contributed by atoms with Crippen LogP contribution < -0.4 is 15.4 Å². The van der Waals surface area contributed by atoms with E-state index >= 15 is 0 Å². The molecular formula is C11H13N3O3. The van der Waals surface area contributed by atoms with Crippen LogP contribution in [-0.4, -0.2) is 30.1 Å². The highest BCUT2D eigenvalue weighted by Crippen LogP contribution is 2.32. The lowest BCUT2D eigenvalue weighted by atomic mass is 10.1. The maximum atomic E-state index is 11.6. The molecule has 0 fully saturated rings. The lowest BCUT2D eigenvalue weighted by molar-refractivity contribution is -0.121. The molecule has 3 N–H and O–H groups in total. The second kappa shape index (κ2) is 4.32. The van der Waals surface area contributed by atoms with Crippen LogP contribution >= 0.6 is 0 Å². The molecule has 1 amide bonds. The fraction of sp³-hybridized carbons (Fsp3) is 0.273. The number of ether oxygens (including phenoxy) is 1. The molecule has 0 spiro atoms. The van der Waals surface area contributed by atoms with Crippen LogP contribution in [0, 0.1) is 0 Å². The quantitative estimate of drug-likeness (QED) is 0.338. The average molecular weight is 235 g/mol. The number of amides is 1. The minimum atomic E-state index is -0.0726. The fourth-order valence-electron chi connectivity index (χ4n) is 1.77. The van der Waals surface area contributed by atoms with Crippen molar-refractivity contribution in [1.82, 2.24) is 0 Å². The van der Waals surface area contributed by atoms with Gasteiger partial charge in [0, 0.05) is 12.1 Å². The van der Waals surface area contributed by atoms with Crippen LogP contribution in [0.4, 0.5) is 5.69 Å². The lowest BCUT2D eigenvalue weighted by Gasteiger charge is -2.28. The van der Waals surface area contributed by atoms with Crippen LogP contribution in [-0.2, 0) is 4.79 Å². The zero-order valence-electron chi connectivity index (χ0n) is 9.38. The van der Waals surface area contributed by atoms with Crippen LogP contribution in [0.25, 0.3) is 0 Å². The number of amidine groups is 1. The van der Waals surface area contributed by atoms with Crippen molar-refractivity contribution < 1.29 is 14.7 Å². The number of hydrogen-bond donors (Lipinski definition) is 2. The maximum Gasteiger partial charge on any atom is 0.265 e. The zero-order valence-corrected chi connectivity index (χ0v) is 9.38. The molecule has 0 bridgehead atoms. The highest BCUT2D eigenvalue weighted by Gasteiger charge is 2.24. The second-order valence-electron chi connectivity index (χ2n) is 3.59. The third-order valence-electron chi connectivity index (χ3n) is 2.62. The van der Waals surface area contributed by atoms with Gasteiger partial charge in [0.2, 0.25) is 0 Å². The van der Waals surface area contributed by atoms with Crippen molar-refractivity contribution in [2.75, 3.05) is 18.1 Å². The minimum absolute atomic E-state index is 0.0105. The topological polar surface area (TPSA) is 88.2 Å². The first-order valence-electron chi connectivity index (χ1n) is 5.22. The van der Waals surface area contributed by atoms with Gasteiger partial charge in [-0.05, 0) is 25.1 Å². The smallest absolute Gasteiger partial charge is 0.265 e. The molecule has 1 heterocycles. The number of nitrogens with zero attached hydrogens (tertiary/aromatic N) is 2. The number of rotatable bonds is 2. The van der Waals surface area contributed by atoms with Gasteiger partial charge >= 0.3 is 0 Å². The molecule has 17 heavy (non-hydrogen) atoms. The van der Waals surface area contributed by atoms with Gasteiger partial charge in [0.15, 0.2) is 12.4 Å². The highest BCUT2D eigenvalue weighted by atomic mass is 16.5. The second-order valence-corrected chi connectivity index (χ2v) is 3.59. The van der Waals surface area contributed by atoms with Gasteiger partial charge in [-0.1, -0.05) is 5.16 Å². The molecule has 2 rings (SSSR count). The van der Waals surface area contributed by atoms with Crippen molar-refractivity contribution in [2.45, 2.75) is 6.92 Å². The van der Waals surface area contributed by atoms with E-state index in [0.717, 1.165) is 0 Å². The first-order valence-corrected chi connectivity index (χ1v) is 5.22. The number of hydrogen-bond acceptors (Lipinski definition) is 4. The number of benzene rings is 1. The average Bonchev–Trinajstić information content (AvgIpc) is 2.37. The highest BCUT2D eigenvalue weighted by molar-refractivity contribution is 6.01. The van der Waals surface area contributed by atoms with E-state index in [2.05, 4.69) is 5.16 Å². The van der Waals surface area contributed by atoms with Crippen molar-refractivity contribution in [3.8, 4) is 5.75 Å². The van der Waals surface area contributed by atoms with E-state index in [1.54, 1.807) is 23.1 Å². The van der Waals surface area contributed by atoms with Crippen LogP contribution in [0.5, 0.6) is 5.75 Å². The molecule has 1 aliphatic rings. The summed E-state index contributed by atoms with van der Waals surface area (Å²) in [4.78, 5) is 13.2. The van der Waals surface area contributed by atoms with Crippen LogP contribution in [0.2, 0.25) is 0 Å². The molecule has 1 aromatic carbocycles. The molecule has 1 aliphatic heterocycles. The Labute approximate surface area is 98.3 Å². The minimum Gasteiger partial charge on any atom is -0.482 e. The van der Waals surface area contributed by atoms with E-state index in [4.69, 9.17) is 15.7 Å². The summed E-state index contributed by atoms with van der Waals surface area (Å²) in [5, 5.41) is 11.5. The Hall–Kier alpha value is -2.24. The van der Waals surface area contributed by atoms with Gasteiger partial charge in [0.05, 0.1) is 5.69 Å². The van der Waals surface area contributed by atoms with Crippen LogP contribution in [0.1, 0.15) is 12.5 Å². The standard InChI is InChI=1S/C11H13N3O3/c1-2-14-8-4-3-7(11(12)13-16)5-9(8)17-6-10(14)15/h3-5,16H,2,6H2,1H3,(H2,12,13). The third kappa shape index (κ3) is 1.89. The van der Waals surface area contributed by atoms with Gasteiger partial charge in [-0.15, -0.1) is 0 Å². The van der Waals surface area contributed by atoms with Gasteiger partial charge in [-0.25, -0.2) is 0 Å². The molecule has 0 unspecified atom stereocenters. The van der Waals surface area contributed by atoms with E-state index in [1.807, 2.05) is 6.92 Å². The van der Waals surface area contributed by atoms with Gasteiger partial charge in [-0.3, -0.25) is 4.79 Å². The summed E-state index contributed by atoms with van der Waals surface area (Å²) in [6.07, 6.45) is 0. The van der Waals surface area contributed by atoms with Crippen LogP contribution in [0.15, 0.2) is 23.4 Å². The van der Waals surface area contributed by atoms with Gasteiger partial charge in [-0.2, -0.15) is 0 Å². The van der Waals surface area contributed by atoms with Crippen molar-refractivity contribution in [1.29, 1.82) is 0 Å². The molecule has 0 atom stereocenters. The largest absolute Gasteiger partial charge is 0.482 e. The maximum absolute atomic E-state index is 11.6. The molecule has 6 nitrogen and oxygen atoms in total. The van der Waals surface area contributed by atoms with Crippen molar-refractivity contribution in [3.05, 3.63) is 23.8 Å². The fourth-order valence-corrected chi connectivity index (χ4v) is 1.77. The Morgan fingerprint density at radius 3 is 3.06 bits per heavy atom. The molecule has 90 valence electrons. The number of carbonyl (C=O) groups is 1. The number of carbonyl (C=O) groups excluding carboxylic acids is 1. The first kappa shape index (κ1) is 11.3. The van der Waals surface area contributed by atoms with Crippen molar-refractivity contribution in [2.24, 2.45) is 10.9 Å². The Balaban J connectivity index is 2.44. The predicted molar refractivity (Wildman–Crippen MR) is 62.5 cm³/mol. The summed E-state index contributed by atoms with van der Waals surface area (Å²) in [6.45, 7) is 2.49. The van der Waals surface area contributed by atoms with Crippen LogP contribution in [0.3, 0.4) is 0 Å². The van der Waals surface area contributed by atoms with Gasteiger partial charge in [0.25, 0.3) is 5.91 Å². The summed E-state index contributed by atoms with van der Waals surface area (Å²) in [7, 11) is 0. The number of likely N-dealkylation sites (N-methyl/N-ethyl adjacent to an activating group) is 1. The van der Waals surface area contributed by atoms with Crippen molar-refractivity contribution >= 4 is 17.4 Å². The monoisotopic (exact) mass is 235 g/mol. The first-order chi connectivity index (χ1) is 8.17. The number of fused-ring (bicyclic) bond motifs is 1. The molecule has 0 aliphatic carbocycles. The molecule has 0 saturated heterocycles. The molecule has 0 radical (unpaired) electrons. The summed E-state index contributed by atoms with van der Waals surface area (Å²) < 4.78 is 5.32. The summed E-state index contributed by atoms with van der Waals surface area (Å²) in [6, 6.07) is 5.06. The molecule has 1 aromatic rings. The Morgan fingerprint density at radius 1 is 1.65 bits per heavy atom. The van der Waals surface area contributed by atoms with Crippen molar-refractivity contribution in [3.63, 3.8) is 0 Å². The molecule has 6 heteroatoms. The summed E-state index contributed by atoms with van der Waals surface area (Å²) in [5.41, 5.74) is 6.74. The molecule has 0 aromatic heterocycles. The SMILES string of the molecule is CCN1C(=O)COc2cc(C(N)=NO)ccc21.